The van der Waals surface area contributed by atoms with Crippen LogP contribution in [0.15, 0.2) is 29.2 Å². The van der Waals surface area contributed by atoms with Crippen LogP contribution in [0.4, 0.5) is 0 Å². The van der Waals surface area contributed by atoms with Gasteiger partial charge in [-0.15, -0.1) is 4.83 Å². The van der Waals surface area contributed by atoms with E-state index < -0.39 is 22.5 Å². The van der Waals surface area contributed by atoms with Gasteiger partial charge in [0.1, 0.15) is 11.8 Å². The highest BCUT2D eigenvalue weighted by atomic mass is 32.2. The Hall–Kier alpha value is -2.89. The first-order chi connectivity index (χ1) is 13.1. The summed E-state index contributed by atoms with van der Waals surface area (Å²) in [6.45, 7) is 8.74. The van der Waals surface area contributed by atoms with Crippen molar-refractivity contribution in [2.45, 2.75) is 39.5 Å². The Morgan fingerprint density at radius 3 is 2.11 bits per heavy atom. The Balaban J connectivity index is 2.12. The molecule has 0 atom stereocenters. The monoisotopic (exact) mass is 401 g/mol. The van der Waals surface area contributed by atoms with Gasteiger partial charge in [0.2, 0.25) is 0 Å². The van der Waals surface area contributed by atoms with Crippen LogP contribution in [-0.4, -0.2) is 20.9 Å². The highest BCUT2D eigenvalue weighted by Gasteiger charge is 2.24. The van der Waals surface area contributed by atoms with Gasteiger partial charge in [0.15, 0.2) is 6.61 Å². The minimum Gasteiger partial charge on any atom is -0.482 e. The maximum Gasteiger partial charge on any atom is 0.272 e. The number of sulfonamides is 1. The molecule has 0 saturated carbocycles. The fraction of sp³-hybridized carbons (Fsp3) is 0.300. The zero-order valence-electron chi connectivity index (χ0n) is 16.5. The molecule has 2 aromatic carbocycles. The molecule has 0 spiro atoms. The molecule has 2 N–H and O–H groups in total. The summed E-state index contributed by atoms with van der Waals surface area (Å²) in [4.78, 5) is 14.3. The molecule has 0 saturated heterocycles. The average Bonchev–Trinajstić information content (AvgIpc) is 2.67. The van der Waals surface area contributed by atoms with Gasteiger partial charge >= 0.3 is 0 Å². The van der Waals surface area contributed by atoms with Crippen LogP contribution in [0.3, 0.4) is 0 Å². The molecule has 7 nitrogen and oxygen atoms in total. The van der Waals surface area contributed by atoms with E-state index in [0.717, 1.165) is 16.7 Å². The fourth-order valence-corrected chi connectivity index (χ4v) is 4.37. The number of carbonyl (C=O) groups excluding carboxylic acids is 1. The van der Waals surface area contributed by atoms with Gasteiger partial charge < -0.3 is 4.74 Å². The third kappa shape index (κ3) is 4.32. The van der Waals surface area contributed by atoms with Crippen LogP contribution in [0.1, 0.15) is 33.4 Å². The Morgan fingerprint density at radius 1 is 1.00 bits per heavy atom. The summed E-state index contributed by atoms with van der Waals surface area (Å²) >= 11 is 0. The van der Waals surface area contributed by atoms with E-state index in [1.165, 1.54) is 0 Å². The van der Waals surface area contributed by atoms with E-state index in [2.05, 4.69) is 10.3 Å². The number of hydrogen-bond acceptors (Lipinski definition) is 5. The van der Waals surface area contributed by atoms with Crippen LogP contribution in [0.2, 0.25) is 0 Å². The zero-order chi connectivity index (χ0) is 21.1. The van der Waals surface area contributed by atoms with Gasteiger partial charge in [-0.25, -0.2) is 8.42 Å². The summed E-state index contributed by atoms with van der Waals surface area (Å²) in [6.07, 6.45) is 0. The van der Waals surface area contributed by atoms with Crippen LogP contribution < -0.4 is 15.0 Å². The summed E-state index contributed by atoms with van der Waals surface area (Å²) < 4.78 is 30.8. The number of para-hydroxylation sites is 1. The number of benzene rings is 2. The molecular formula is C20H23N3O4S. The molecule has 2 rings (SSSR count). The average molecular weight is 401 g/mol. The number of amides is 1. The molecule has 0 aliphatic carbocycles. The second-order valence-corrected chi connectivity index (χ2v) is 8.12. The Morgan fingerprint density at radius 2 is 1.54 bits per heavy atom. The van der Waals surface area contributed by atoms with Gasteiger partial charge in [-0.05, 0) is 74.6 Å². The number of nitriles is 1. The quantitative estimate of drug-likeness (QED) is 0.723. The SMILES string of the molecule is Cc1c(C)c(C)c(S(=O)(=O)NNC(=O)COc2ccccc2C#N)c(C)c1C. The minimum absolute atomic E-state index is 0.157. The highest BCUT2D eigenvalue weighted by molar-refractivity contribution is 7.89. The second kappa shape index (κ2) is 8.42. The fourth-order valence-electron chi connectivity index (χ4n) is 2.91. The first-order valence-electron chi connectivity index (χ1n) is 8.59. The lowest BCUT2D eigenvalue weighted by atomic mass is 9.95. The number of hydrazine groups is 1. The van der Waals surface area contributed by atoms with Gasteiger partial charge in [-0.1, -0.05) is 12.1 Å². The summed E-state index contributed by atoms with van der Waals surface area (Å²) in [5, 5.41) is 9.01. The van der Waals surface area contributed by atoms with Gasteiger partial charge in [0.05, 0.1) is 10.5 Å². The number of ether oxygens (including phenoxy) is 1. The van der Waals surface area contributed by atoms with E-state index in [1.807, 2.05) is 26.8 Å². The van der Waals surface area contributed by atoms with Crippen molar-refractivity contribution in [2.24, 2.45) is 0 Å². The molecule has 2 aromatic rings. The molecule has 0 radical (unpaired) electrons. The van der Waals surface area contributed by atoms with Crippen LogP contribution in [-0.2, 0) is 14.8 Å². The van der Waals surface area contributed by atoms with E-state index in [4.69, 9.17) is 10.00 Å². The zero-order valence-corrected chi connectivity index (χ0v) is 17.3. The summed E-state index contributed by atoms with van der Waals surface area (Å²) in [5.74, 6) is -0.438. The molecule has 0 bridgehead atoms. The summed E-state index contributed by atoms with van der Waals surface area (Å²) in [5.41, 5.74) is 6.55. The van der Waals surface area contributed by atoms with Gasteiger partial charge in [-0.2, -0.15) is 5.26 Å². The summed E-state index contributed by atoms with van der Waals surface area (Å²) in [6, 6.07) is 8.42. The van der Waals surface area contributed by atoms with Crippen molar-refractivity contribution in [3.8, 4) is 11.8 Å². The lowest BCUT2D eigenvalue weighted by Crippen LogP contribution is -2.44. The molecule has 0 aromatic heterocycles. The molecular weight excluding hydrogens is 378 g/mol. The molecule has 1 amide bonds. The van der Waals surface area contributed by atoms with Crippen LogP contribution in [0.5, 0.6) is 5.75 Å². The van der Waals surface area contributed by atoms with Crippen molar-refractivity contribution in [1.29, 1.82) is 5.26 Å². The van der Waals surface area contributed by atoms with Gasteiger partial charge in [0.25, 0.3) is 15.9 Å². The van der Waals surface area contributed by atoms with E-state index in [0.29, 0.717) is 11.1 Å². The first-order valence-corrected chi connectivity index (χ1v) is 10.1. The molecule has 0 unspecified atom stereocenters. The second-order valence-electron chi connectivity index (χ2n) is 6.50. The van der Waals surface area contributed by atoms with E-state index in [9.17, 15) is 13.2 Å². The lowest BCUT2D eigenvalue weighted by molar-refractivity contribution is -0.123. The Labute approximate surface area is 165 Å². The van der Waals surface area contributed by atoms with Crippen molar-refractivity contribution in [1.82, 2.24) is 10.3 Å². The predicted octanol–water partition coefficient (Wildman–Crippen LogP) is 2.49. The molecule has 0 aliphatic rings. The van der Waals surface area contributed by atoms with Crippen LogP contribution >= 0.6 is 0 Å². The maximum absolute atomic E-state index is 12.8. The first kappa shape index (κ1) is 21.4. The molecule has 0 aliphatic heterocycles. The van der Waals surface area contributed by atoms with E-state index in [-0.39, 0.29) is 16.2 Å². The minimum atomic E-state index is -3.96. The Bertz CT molecular complexity index is 1040. The van der Waals surface area contributed by atoms with Crippen molar-refractivity contribution in [2.75, 3.05) is 6.61 Å². The third-order valence-corrected chi connectivity index (χ3v) is 6.41. The number of rotatable bonds is 6. The maximum atomic E-state index is 12.8. The predicted molar refractivity (Wildman–Crippen MR) is 105 cm³/mol. The molecule has 0 fully saturated rings. The normalized spacial score (nSPS) is 11.0. The molecule has 148 valence electrons. The van der Waals surface area contributed by atoms with Crippen molar-refractivity contribution in [3.05, 3.63) is 57.6 Å². The van der Waals surface area contributed by atoms with Crippen molar-refractivity contribution >= 4 is 15.9 Å². The third-order valence-electron chi connectivity index (χ3n) is 4.89. The molecule has 28 heavy (non-hydrogen) atoms. The lowest BCUT2D eigenvalue weighted by Gasteiger charge is -2.19. The van der Waals surface area contributed by atoms with E-state index >= 15 is 0 Å². The number of hydrogen-bond donors (Lipinski definition) is 2. The van der Waals surface area contributed by atoms with Gasteiger partial charge in [0, 0.05) is 0 Å². The Kier molecular flexibility index (Phi) is 6.44. The van der Waals surface area contributed by atoms with Crippen LogP contribution in [0.25, 0.3) is 0 Å². The molecule has 8 heteroatoms. The van der Waals surface area contributed by atoms with Crippen molar-refractivity contribution in [3.63, 3.8) is 0 Å². The molecule has 0 heterocycles. The number of nitrogens with zero attached hydrogens (tertiary/aromatic N) is 1. The van der Waals surface area contributed by atoms with E-state index in [1.54, 1.807) is 38.1 Å². The standard InChI is InChI=1S/C20H23N3O4S/c1-12-13(2)15(4)20(16(5)14(12)3)28(25,26)23-22-19(24)11-27-18-9-7-6-8-17(18)10-21/h6-9,23H,11H2,1-5H3,(H,22,24). The smallest absolute Gasteiger partial charge is 0.272 e. The number of carbonyl (C=O) groups is 1. The van der Waals surface area contributed by atoms with Crippen LogP contribution in [0, 0.1) is 45.9 Å². The summed E-state index contributed by atoms with van der Waals surface area (Å²) in [7, 11) is -3.96. The largest absolute Gasteiger partial charge is 0.482 e. The van der Waals surface area contributed by atoms with Gasteiger partial charge in [-0.3, -0.25) is 10.2 Å². The highest BCUT2D eigenvalue weighted by Crippen LogP contribution is 2.29. The number of nitrogens with one attached hydrogen (secondary N) is 2. The topological polar surface area (TPSA) is 108 Å². The van der Waals surface area contributed by atoms with Crippen molar-refractivity contribution < 1.29 is 17.9 Å².